The molecule has 7 heteroatoms. The predicted octanol–water partition coefficient (Wildman–Crippen LogP) is 6.16. The summed E-state index contributed by atoms with van der Waals surface area (Å²) in [4.78, 5) is 17.4. The van der Waals surface area contributed by atoms with Crippen molar-refractivity contribution in [3.05, 3.63) is 62.6 Å². The van der Waals surface area contributed by atoms with Gasteiger partial charge in [0.15, 0.2) is 0 Å². The van der Waals surface area contributed by atoms with E-state index < -0.39 is 0 Å². The number of ether oxygens (including phenoxy) is 1. The predicted molar refractivity (Wildman–Crippen MR) is 135 cm³/mol. The Morgan fingerprint density at radius 2 is 1.88 bits per heavy atom. The number of rotatable bonds is 5. The number of methoxy groups -OCH3 is 1. The van der Waals surface area contributed by atoms with Crippen molar-refractivity contribution in [2.45, 2.75) is 57.7 Å². The first-order valence-electron chi connectivity index (χ1n) is 11.7. The number of halogens is 2. The van der Waals surface area contributed by atoms with Crippen LogP contribution in [0.15, 0.2) is 30.3 Å². The molecule has 4 rings (SSSR count). The lowest BCUT2D eigenvalue weighted by Crippen LogP contribution is -2.49. The Kier molecular flexibility index (Phi) is 7.42. The quantitative estimate of drug-likeness (QED) is 0.546. The van der Waals surface area contributed by atoms with E-state index in [0.717, 1.165) is 31.5 Å². The van der Waals surface area contributed by atoms with Gasteiger partial charge < -0.3 is 15.0 Å². The molecule has 33 heavy (non-hydrogen) atoms. The molecule has 5 nitrogen and oxygen atoms in total. The molecule has 0 bridgehead atoms. The van der Waals surface area contributed by atoms with Gasteiger partial charge in [0.2, 0.25) is 0 Å². The Morgan fingerprint density at radius 3 is 2.58 bits per heavy atom. The number of carbonyl (C=O) groups excluding carboxylic acids is 1. The summed E-state index contributed by atoms with van der Waals surface area (Å²) < 4.78 is 5.21. The average Bonchev–Trinajstić information content (AvgIpc) is 3.23. The molecule has 2 amide bonds. The first-order valence-corrected chi connectivity index (χ1v) is 12.4. The molecule has 1 N–H and O–H groups in total. The molecule has 2 aromatic rings. The maximum atomic E-state index is 13.0. The van der Waals surface area contributed by atoms with Gasteiger partial charge in [0.1, 0.15) is 10.8 Å². The molecular weight excluding hydrogens is 457 g/mol. The topological polar surface area (TPSA) is 44.8 Å². The van der Waals surface area contributed by atoms with Gasteiger partial charge in [-0.25, -0.2) is 4.79 Å². The smallest absolute Gasteiger partial charge is 0.317 e. The number of urea groups is 1. The van der Waals surface area contributed by atoms with Gasteiger partial charge >= 0.3 is 6.03 Å². The summed E-state index contributed by atoms with van der Waals surface area (Å²) in [6, 6.07) is 10.9. The second-order valence-corrected chi connectivity index (χ2v) is 10.0. The molecular formula is C26H33Cl2N3O2. The Balaban J connectivity index is 1.33. The van der Waals surface area contributed by atoms with E-state index in [1.807, 2.05) is 24.9 Å². The van der Waals surface area contributed by atoms with E-state index in [9.17, 15) is 4.79 Å². The van der Waals surface area contributed by atoms with E-state index in [1.165, 1.54) is 29.5 Å². The van der Waals surface area contributed by atoms with Crippen molar-refractivity contribution >= 4 is 29.2 Å². The van der Waals surface area contributed by atoms with Gasteiger partial charge in [-0.2, -0.15) is 0 Å². The van der Waals surface area contributed by atoms with E-state index in [2.05, 4.69) is 35.3 Å². The highest BCUT2D eigenvalue weighted by Gasteiger charge is 2.33. The number of amides is 2. The van der Waals surface area contributed by atoms with E-state index in [4.69, 9.17) is 27.9 Å². The zero-order valence-electron chi connectivity index (χ0n) is 19.8. The fourth-order valence-electron chi connectivity index (χ4n) is 5.26. The molecule has 1 unspecified atom stereocenters. The normalized spacial score (nSPS) is 19.8. The maximum Gasteiger partial charge on any atom is 0.317 e. The van der Waals surface area contributed by atoms with Crippen LogP contribution < -0.4 is 10.1 Å². The average molecular weight is 490 g/mol. The lowest BCUT2D eigenvalue weighted by Gasteiger charge is -2.40. The van der Waals surface area contributed by atoms with Crippen molar-refractivity contribution < 1.29 is 9.53 Å². The van der Waals surface area contributed by atoms with Crippen LogP contribution in [0.2, 0.25) is 10.0 Å². The van der Waals surface area contributed by atoms with Crippen LogP contribution in [-0.4, -0.2) is 49.1 Å². The third-order valence-electron chi connectivity index (χ3n) is 7.26. The van der Waals surface area contributed by atoms with E-state index in [1.54, 1.807) is 13.2 Å². The molecule has 1 saturated heterocycles. The minimum absolute atomic E-state index is 0.0920. The summed E-state index contributed by atoms with van der Waals surface area (Å²) in [6.45, 7) is 6.10. The third kappa shape index (κ3) is 4.96. The fourth-order valence-corrected chi connectivity index (χ4v) is 5.83. The van der Waals surface area contributed by atoms with Gasteiger partial charge in [0, 0.05) is 32.2 Å². The SMILES string of the molecule is COc1ccc([C@H](C)NC(=O)N(C)C2CCN(C3CCc4cc(C)ccc43)CC2)c(Cl)c1Cl. The van der Waals surface area contributed by atoms with Crippen molar-refractivity contribution in [1.82, 2.24) is 15.1 Å². The minimum Gasteiger partial charge on any atom is -0.495 e. The Morgan fingerprint density at radius 1 is 1.15 bits per heavy atom. The van der Waals surface area contributed by atoms with Gasteiger partial charge in [-0.1, -0.05) is 53.0 Å². The van der Waals surface area contributed by atoms with Crippen LogP contribution in [0, 0.1) is 6.92 Å². The summed E-state index contributed by atoms with van der Waals surface area (Å²) in [5.74, 6) is 0.521. The standard InChI is InChI=1S/C26H33Cl2N3O2/c1-16-5-7-21-18(15-16)6-9-22(21)31-13-11-19(12-14-31)30(3)26(32)29-17(2)20-8-10-23(33-4)25(28)24(20)27/h5,7-8,10,15,17,19,22H,6,9,11-14H2,1-4H3,(H,29,32)/t17-,22?/m0/s1. The summed E-state index contributed by atoms with van der Waals surface area (Å²) in [7, 11) is 3.44. The fraction of sp³-hybridized carbons (Fsp3) is 0.500. The van der Waals surface area contributed by atoms with Gasteiger partial charge in [-0.05, 0) is 62.3 Å². The van der Waals surface area contributed by atoms with Crippen molar-refractivity contribution in [3.8, 4) is 5.75 Å². The maximum absolute atomic E-state index is 13.0. The molecule has 1 aliphatic carbocycles. The minimum atomic E-state index is -0.269. The van der Waals surface area contributed by atoms with Gasteiger partial charge in [-0.3, -0.25) is 4.90 Å². The molecule has 2 atom stereocenters. The summed E-state index contributed by atoms with van der Waals surface area (Å²) in [6.07, 6.45) is 4.32. The van der Waals surface area contributed by atoms with Crippen molar-refractivity contribution in [3.63, 3.8) is 0 Å². The molecule has 178 valence electrons. The molecule has 0 aromatic heterocycles. The number of hydrogen-bond acceptors (Lipinski definition) is 3. The first-order chi connectivity index (χ1) is 15.8. The molecule has 0 saturated carbocycles. The zero-order chi connectivity index (χ0) is 23.7. The zero-order valence-corrected chi connectivity index (χ0v) is 21.3. The Bertz CT molecular complexity index is 1020. The van der Waals surface area contributed by atoms with Crippen LogP contribution in [0.3, 0.4) is 0 Å². The highest BCUT2D eigenvalue weighted by molar-refractivity contribution is 6.43. The van der Waals surface area contributed by atoms with Gasteiger partial charge in [0.05, 0.1) is 18.2 Å². The molecule has 2 aromatic carbocycles. The Hall–Kier alpha value is -1.95. The third-order valence-corrected chi connectivity index (χ3v) is 8.13. The number of carbonyl (C=O) groups is 1. The van der Waals surface area contributed by atoms with Crippen LogP contribution in [0.4, 0.5) is 4.79 Å². The van der Waals surface area contributed by atoms with Crippen LogP contribution >= 0.6 is 23.2 Å². The number of hydrogen-bond donors (Lipinski definition) is 1. The lowest BCUT2D eigenvalue weighted by atomic mass is 9.99. The molecule has 0 radical (unpaired) electrons. The highest BCUT2D eigenvalue weighted by atomic mass is 35.5. The molecule has 0 spiro atoms. The second-order valence-electron chi connectivity index (χ2n) is 9.29. The summed E-state index contributed by atoms with van der Waals surface area (Å²) in [5, 5.41) is 3.85. The number of benzene rings is 2. The summed E-state index contributed by atoms with van der Waals surface area (Å²) >= 11 is 12.7. The number of nitrogens with zero attached hydrogens (tertiary/aromatic N) is 2. The molecule has 2 aliphatic rings. The lowest BCUT2D eigenvalue weighted by molar-refractivity contribution is 0.105. The number of likely N-dealkylation sites (tertiary alicyclic amines) is 1. The number of nitrogens with one attached hydrogen (secondary N) is 1. The largest absolute Gasteiger partial charge is 0.495 e. The van der Waals surface area contributed by atoms with Crippen molar-refractivity contribution in [1.29, 1.82) is 0 Å². The molecule has 1 aliphatic heterocycles. The molecule has 1 fully saturated rings. The second kappa shape index (κ2) is 10.1. The number of aryl methyl sites for hydroxylation is 2. The van der Waals surface area contributed by atoms with E-state index in [0.29, 0.717) is 21.8 Å². The molecule has 1 heterocycles. The van der Waals surface area contributed by atoms with Crippen LogP contribution in [0.5, 0.6) is 5.75 Å². The summed E-state index contributed by atoms with van der Waals surface area (Å²) in [5.41, 5.74) is 5.11. The monoisotopic (exact) mass is 489 g/mol. The van der Waals surface area contributed by atoms with E-state index >= 15 is 0 Å². The van der Waals surface area contributed by atoms with Gasteiger partial charge in [-0.15, -0.1) is 0 Å². The first kappa shape index (κ1) is 24.2. The van der Waals surface area contributed by atoms with E-state index in [-0.39, 0.29) is 18.1 Å². The number of piperidine rings is 1. The Labute approximate surface area is 207 Å². The van der Waals surface area contributed by atoms with Crippen molar-refractivity contribution in [2.75, 3.05) is 27.2 Å². The van der Waals surface area contributed by atoms with Crippen LogP contribution in [0.25, 0.3) is 0 Å². The van der Waals surface area contributed by atoms with Crippen LogP contribution in [-0.2, 0) is 6.42 Å². The van der Waals surface area contributed by atoms with Crippen LogP contribution in [0.1, 0.15) is 60.5 Å². The highest BCUT2D eigenvalue weighted by Crippen LogP contribution is 2.39. The van der Waals surface area contributed by atoms with Crippen molar-refractivity contribution in [2.24, 2.45) is 0 Å². The van der Waals surface area contributed by atoms with Gasteiger partial charge in [0.25, 0.3) is 0 Å². The number of fused-ring (bicyclic) bond motifs is 1.